The fourth-order valence-electron chi connectivity index (χ4n) is 1.12. The van der Waals surface area contributed by atoms with Crippen LogP contribution < -0.4 is 9.88 Å². The summed E-state index contributed by atoms with van der Waals surface area (Å²) in [7, 11) is 0. The van der Waals surface area contributed by atoms with E-state index in [1.54, 1.807) is 12.4 Å². The third-order valence-corrected chi connectivity index (χ3v) is 2.19. The Hall–Kier alpha value is -1.20. The van der Waals surface area contributed by atoms with Crippen LogP contribution in [0, 0.1) is 0 Å². The summed E-state index contributed by atoms with van der Waals surface area (Å²) in [5.41, 5.74) is 0.875. The van der Waals surface area contributed by atoms with Crippen molar-refractivity contribution in [1.29, 1.82) is 0 Å². The zero-order valence-corrected chi connectivity index (χ0v) is 8.27. The minimum absolute atomic E-state index is 0.875. The van der Waals surface area contributed by atoms with Crippen LogP contribution >= 0.6 is 16.1 Å². The van der Waals surface area contributed by atoms with Crippen LogP contribution in [0.4, 0.5) is 5.69 Å². The molecule has 2 N–H and O–H groups in total. The maximum atomic E-state index is 5.52. The number of fused-ring (bicyclic) bond motifs is 1. The van der Waals surface area contributed by atoms with Crippen molar-refractivity contribution >= 4 is 32.6 Å². The molecule has 1 aromatic carbocycles. The molecule has 0 unspecified atom stereocenters. The Kier molecular flexibility index (Phi) is 2.12. The van der Waals surface area contributed by atoms with Crippen molar-refractivity contribution in [1.82, 2.24) is 10.2 Å². The summed E-state index contributed by atoms with van der Waals surface area (Å²) in [5, 5.41) is 9.63. The number of aromatic nitrogens is 2. The van der Waals surface area contributed by atoms with Gasteiger partial charge in [-0.25, -0.2) is 9.88 Å². The number of hydrazine groups is 1. The van der Waals surface area contributed by atoms with Crippen LogP contribution in [0.5, 0.6) is 0 Å². The number of nitrogens with two attached hydrogens (primary N) is 1. The first-order chi connectivity index (χ1) is 6.27. The molecule has 13 heavy (non-hydrogen) atoms. The van der Waals surface area contributed by atoms with E-state index in [0.29, 0.717) is 0 Å². The summed E-state index contributed by atoms with van der Waals surface area (Å²) < 4.78 is 1.38. The van der Waals surface area contributed by atoms with Crippen molar-refractivity contribution in [2.75, 3.05) is 4.03 Å². The number of anilines is 1. The predicted octanol–water partition coefficient (Wildman–Crippen LogP) is 1.62. The molecule has 0 saturated carbocycles. The Morgan fingerprint density at radius 1 is 1.15 bits per heavy atom. The normalized spacial score (nSPS) is 10.3. The Bertz CT molecular complexity index is 429. The van der Waals surface area contributed by atoms with Crippen molar-refractivity contribution in [3.05, 3.63) is 30.6 Å². The van der Waals surface area contributed by atoms with Gasteiger partial charge < -0.3 is 0 Å². The van der Waals surface area contributed by atoms with Gasteiger partial charge in [-0.3, -0.25) is 0 Å². The summed E-state index contributed by atoms with van der Waals surface area (Å²) >= 11 is 3.14. The van der Waals surface area contributed by atoms with Gasteiger partial charge in [-0.2, -0.15) is 10.2 Å². The second-order valence-electron chi connectivity index (χ2n) is 2.61. The molecule has 4 nitrogen and oxygen atoms in total. The summed E-state index contributed by atoms with van der Waals surface area (Å²) in [6.07, 6.45) is 3.42. The van der Waals surface area contributed by atoms with Crippen LogP contribution in [0.3, 0.4) is 0 Å². The maximum absolute atomic E-state index is 5.52. The Morgan fingerprint density at radius 2 is 1.85 bits per heavy atom. The third-order valence-electron chi connectivity index (χ3n) is 1.78. The number of hydrogen-bond acceptors (Lipinski definition) is 4. The van der Waals surface area contributed by atoms with Crippen molar-refractivity contribution < 1.29 is 0 Å². The number of benzene rings is 1. The molecule has 5 heteroatoms. The Balaban J connectivity index is 2.62. The van der Waals surface area contributed by atoms with Crippen LogP contribution in [0.15, 0.2) is 30.6 Å². The van der Waals surface area contributed by atoms with Crippen LogP contribution in [0.1, 0.15) is 0 Å². The fraction of sp³-hybridized carbons (Fsp3) is 0. The van der Waals surface area contributed by atoms with E-state index in [1.165, 1.54) is 4.03 Å². The largest absolute Gasteiger partial charge is 0.245 e. The molecule has 0 spiro atoms. The molecule has 0 atom stereocenters. The molecule has 2 aromatic rings. The minimum Gasteiger partial charge on any atom is -0.245 e. The van der Waals surface area contributed by atoms with E-state index in [4.69, 9.17) is 5.84 Å². The van der Waals surface area contributed by atoms with Crippen molar-refractivity contribution in [3.63, 3.8) is 0 Å². The highest BCUT2D eigenvalue weighted by Gasteiger charge is 1.98. The molecule has 0 aliphatic rings. The van der Waals surface area contributed by atoms with E-state index in [0.717, 1.165) is 16.5 Å². The molecule has 2 rings (SSSR count). The summed E-state index contributed by atoms with van der Waals surface area (Å²) in [5.74, 6) is 5.52. The molecule has 0 radical (unpaired) electrons. The van der Waals surface area contributed by atoms with Gasteiger partial charge in [0.1, 0.15) is 0 Å². The number of halogens is 1. The molecular formula is C8H7BrN4. The highest BCUT2D eigenvalue weighted by Crippen LogP contribution is 2.20. The van der Waals surface area contributed by atoms with Crippen LogP contribution in [0.2, 0.25) is 0 Å². The maximum Gasteiger partial charge on any atom is 0.0669 e. The molecule has 0 fully saturated rings. The molecule has 1 heterocycles. The summed E-state index contributed by atoms with van der Waals surface area (Å²) in [6.45, 7) is 0. The second kappa shape index (κ2) is 3.27. The van der Waals surface area contributed by atoms with Gasteiger partial charge in [0.05, 0.1) is 34.2 Å². The van der Waals surface area contributed by atoms with Crippen molar-refractivity contribution in [2.45, 2.75) is 0 Å². The Morgan fingerprint density at radius 3 is 2.54 bits per heavy atom. The van der Waals surface area contributed by atoms with Gasteiger partial charge >= 0.3 is 0 Å². The lowest BCUT2D eigenvalue weighted by molar-refractivity contribution is 1.05. The summed E-state index contributed by atoms with van der Waals surface area (Å²) in [4.78, 5) is 0. The SMILES string of the molecule is NN(Br)c1ccc2cnncc2c1. The minimum atomic E-state index is 0.875. The fourth-order valence-corrected chi connectivity index (χ4v) is 1.34. The van der Waals surface area contributed by atoms with E-state index >= 15 is 0 Å². The van der Waals surface area contributed by atoms with Crippen LogP contribution in [-0.4, -0.2) is 10.2 Å². The van der Waals surface area contributed by atoms with Crippen molar-refractivity contribution in [3.8, 4) is 0 Å². The molecule has 66 valence electrons. The van der Waals surface area contributed by atoms with E-state index in [1.807, 2.05) is 18.2 Å². The average molecular weight is 239 g/mol. The van der Waals surface area contributed by atoms with Gasteiger partial charge in [0, 0.05) is 10.8 Å². The highest BCUT2D eigenvalue weighted by atomic mass is 79.9. The molecule has 0 amide bonds. The smallest absolute Gasteiger partial charge is 0.0669 e. The zero-order valence-electron chi connectivity index (χ0n) is 6.68. The Labute approximate surface area is 83.7 Å². The van der Waals surface area contributed by atoms with Gasteiger partial charge in [0.25, 0.3) is 0 Å². The lowest BCUT2D eigenvalue weighted by Crippen LogP contribution is -2.17. The quantitative estimate of drug-likeness (QED) is 0.466. The number of nitrogens with zero attached hydrogens (tertiary/aromatic N) is 3. The number of rotatable bonds is 1. The third kappa shape index (κ3) is 1.61. The van der Waals surface area contributed by atoms with Gasteiger partial charge in [-0.15, -0.1) is 0 Å². The molecule has 0 aliphatic carbocycles. The standard InChI is InChI=1S/C8H7BrN4/c9-13(10)8-2-1-6-4-11-12-5-7(6)3-8/h1-5H,10H2. The molecule has 0 bridgehead atoms. The molecule has 0 saturated heterocycles. The average Bonchev–Trinajstić information content (AvgIpc) is 2.17. The van der Waals surface area contributed by atoms with Gasteiger partial charge in [-0.1, -0.05) is 6.07 Å². The van der Waals surface area contributed by atoms with Gasteiger partial charge in [-0.05, 0) is 12.1 Å². The van der Waals surface area contributed by atoms with E-state index in [2.05, 4.69) is 26.3 Å². The topological polar surface area (TPSA) is 55.0 Å². The number of hydrogen-bond donors (Lipinski definition) is 1. The van der Waals surface area contributed by atoms with Gasteiger partial charge in [0.15, 0.2) is 0 Å². The molecule has 0 aliphatic heterocycles. The van der Waals surface area contributed by atoms with E-state index in [9.17, 15) is 0 Å². The van der Waals surface area contributed by atoms with E-state index < -0.39 is 0 Å². The van der Waals surface area contributed by atoms with Crippen LogP contribution in [-0.2, 0) is 0 Å². The van der Waals surface area contributed by atoms with Crippen LogP contribution in [0.25, 0.3) is 10.8 Å². The van der Waals surface area contributed by atoms with Crippen molar-refractivity contribution in [2.24, 2.45) is 5.84 Å². The monoisotopic (exact) mass is 238 g/mol. The highest BCUT2D eigenvalue weighted by molar-refractivity contribution is 9.10. The predicted molar refractivity (Wildman–Crippen MR) is 55.1 cm³/mol. The molecule has 1 aromatic heterocycles. The lowest BCUT2D eigenvalue weighted by atomic mass is 10.2. The first-order valence-electron chi connectivity index (χ1n) is 3.68. The lowest BCUT2D eigenvalue weighted by Gasteiger charge is -2.08. The zero-order chi connectivity index (χ0) is 9.26. The first kappa shape index (κ1) is 8.40. The van der Waals surface area contributed by atoms with Gasteiger partial charge in [0.2, 0.25) is 0 Å². The summed E-state index contributed by atoms with van der Waals surface area (Å²) in [6, 6.07) is 5.78. The second-order valence-corrected chi connectivity index (χ2v) is 3.38. The van der Waals surface area contributed by atoms with E-state index in [-0.39, 0.29) is 0 Å². The molecular weight excluding hydrogens is 232 g/mol. The first-order valence-corrected chi connectivity index (χ1v) is 4.39.